The second kappa shape index (κ2) is 11.3. The number of carboxylic acids is 1. The molecule has 4 bridgehead atoms. The van der Waals surface area contributed by atoms with Crippen molar-refractivity contribution in [3.05, 3.63) is 40.3 Å². The van der Waals surface area contributed by atoms with Crippen LogP contribution in [0.5, 0.6) is 0 Å². The summed E-state index contributed by atoms with van der Waals surface area (Å²) in [5.74, 6) is -0.151. The first-order valence-corrected chi connectivity index (χ1v) is 14.9. The van der Waals surface area contributed by atoms with Gasteiger partial charge in [-0.05, 0) is 68.9 Å². The fourth-order valence-electron chi connectivity index (χ4n) is 8.27. The average molecular weight is 550 g/mol. The number of likely N-dealkylation sites (N-methyl/N-ethyl adjacent to an activating group) is 1. The van der Waals surface area contributed by atoms with Crippen LogP contribution >= 0.6 is 0 Å². The summed E-state index contributed by atoms with van der Waals surface area (Å²) in [6, 6.07) is 8.99. The summed E-state index contributed by atoms with van der Waals surface area (Å²) in [6.07, 6.45) is 13.5. The molecule has 10 nitrogen and oxygen atoms in total. The topological polar surface area (TPSA) is 126 Å². The number of fused-ring (bicyclic) bond motifs is 5. The van der Waals surface area contributed by atoms with Crippen molar-refractivity contribution in [1.29, 1.82) is 0 Å². The van der Waals surface area contributed by atoms with Gasteiger partial charge in [0.15, 0.2) is 11.4 Å². The van der Waals surface area contributed by atoms with Crippen LogP contribution < -0.4 is 10.9 Å². The highest BCUT2D eigenvalue weighted by Gasteiger charge is 2.45. The summed E-state index contributed by atoms with van der Waals surface area (Å²) in [5, 5.41) is 15.2. The van der Waals surface area contributed by atoms with Gasteiger partial charge < -0.3 is 19.8 Å². The summed E-state index contributed by atoms with van der Waals surface area (Å²) in [7, 11) is 1.42. The summed E-state index contributed by atoms with van der Waals surface area (Å²) in [6.45, 7) is -0.729. The molecule has 1 aromatic heterocycles. The van der Waals surface area contributed by atoms with Gasteiger partial charge in [-0.2, -0.15) is 0 Å². The van der Waals surface area contributed by atoms with Crippen LogP contribution in [0.25, 0.3) is 11.0 Å². The van der Waals surface area contributed by atoms with Crippen LogP contribution in [0.4, 0.5) is 0 Å². The number of amides is 1. The molecule has 2 saturated heterocycles. The van der Waals surface area contributed by atoms with Gasteiger partial charge in [-0.1, -0.05) is 43.0 Å². The monoisotopic (exact) mass is 549 g/mol. The van der Waals surface area contributed by atoms with Crippen LogP contribution in [0.1, 0.15) is 82.4 Å². The normalized spacial score (nSPS) is 30.6. The van der Waals surface area contributed by atoms with Gasteiger partial charge in [0.1, 0.15) is 0 Å². The van der Waals surface area contributed by atoms with Crippen molar-refractivity contribution in [2.45, 2.75) is 94.8 Å². The summed E-state index contributed by atoms with van der Waals surface area (Å²) < 4.78 is 1.82. The molecular weight excluding hydrogens is 510 g/mol. The Morgan fingerprint density at radius 2 is 1.65 bits per heavy atom. The lowest BCUT2D eigenvalue weighted by molar-refractivity contribution is -0.142. The first kappa shape index (κ1) is 26.9. The van der Waals surface area contributed by atoms with Crippen molar-refractivity contribution in [3.63, 3.8) is 0 Å². The van der Waals surface area contributed by atoms with Crippen LogP contribution in [0.15, 0.2) is 34.2 Å². The minimum absolute atomic E-state index is 0.0281. The molecule has 3 heterocycles. The molecule has 2 aliphatic carbocycles. The zero-order valence-electron chi connectivity index (χ0n) is 23.1. The van der Waals surface area contributed by atoms with Crippen molar-refractivity contribution < 1.29 is 19.5 Å². The third-order valence-electron chi connectivity index (χ3n) is 9.70. The number of carbonyl (C=O) groups is 2. The van der Waals surface area contributed by atoms with Crippen molar-refractivity contribution >= 4 is 28.6 Å². The molecule has 4 fully saturated rings. The fraction of sp³-hybridized carbons (Fsp3) is 0.633. The van der Waals surface area contributed by atoms with Crippen LogP contribution in [-0.4, -0.2) is 68.9 Å². The van der Waals surface area contributed by atoms with Crippen molar-refractivity contribution in [2.75, 3.05) is 13.7 Å². The molecule has 4 aliphatic rings. The van der Waals surface area contributed by atoms with Crippen molar-refractivity contribution in [2.24, 2.45) is 17.0 Å². The highest BCUT2D eigenvalue weighted by molar-refractivity contribution is 6.44. The number of aromatic nitrogens is 2. The number of aliphatic carboxylic acids is 1. The maximum Gasteiger partial charge on any atom is 0.344 e. The molecule has 40 heavy (non-hydrogen) atoms. The Bertz CT molecular complexity index is 1350. The van der Waals surface area contributed by atoms with Crippen LogP contribution in [0.3, 0.4) is 0 Å². The molecular formula is C30H39N5O5. The number of para-hydroxylation sites is 2. The Balaban J connectivity index is 1.36. The van der Waals surface area contributed by atoms with E-state index >= 15 is 0 Å². The van der Waals surface area contributed by atoms with E-state index in [-0.39, 0.29) is 17.4 Å². The van der Waals surface area contributed by atoms with E-state index in [1.807, 2.05) is 28.8 Å². The van der Waals surface area contributed by atoms with E-state index in [0.717, 1.165) is 43.0 Å². The Labute approximate surface area is 233 Å². The van der Waals surface area contributed by atoms with E-state index in [4.69, 9.17) is 9.94 Å². The van der Waals surface area contributed by atoms with Crippen LogP contribution in [-0.2, 0) is 14.4 Å². The van der Waals surface area contributed by atoms with Gasteiger partial charge in [-0.25, -0.2) is 9.78 Å². The number of carbonyl (C=O) groups excluding carboxylic acids is 1. The van der Waals surface area contributed by atoms with Crippen molar-refractivity contribution in [3.8, 4) is 0 Å². The highest BCUT2D eigenvalue weighted by Crippen LogP contribution is 2.47. The summed E-state index contributed by atoms with van der Waals surface area (Å²) >= 11 is 0. The number of rotatable bonds is 7. The second-order valence-electron chi connectivity index (χ2n) is 12.1. The van der Waals surface area contributed by atoms with E-state index in [0.29, 0.717) is 23.6 Å². The molecule has 214 valence electrons. The van der Waals surface area contributed by atoms with E-state index < -0.39 is 24.0 Å². The van der Waals surface area contributed by atoms with E-state index in [1.165, 1.54) is 52.0 Å². The smallest absolute Gasteiger partial charge is 0.344 e. The predicted molar refractivity (Wildman–Crippen MR) is 150 cm³/mol. The zero-order chi connectivity index (χ0) is 27.8. The Kier molecular flexibility index (Phi) is 7.61. The molecule has 6 atom stereocenters. The predicted octanol–water partition coefficient (Wildman–Crippen LogP) is 3.47. The molecule has 0 spiro atoms. The number of nitrogens with zero attached hydrogens (tertiary/aromatic N) is 4. The van der Waals surface area contributed by atoms with Gasteiger partial charge in [-0.3, -0.25) is 14.5 Å². The first-order chi connectivity index (χ1) is 19.4. The molecule has 2 aromatic rings. The summed E-state index contributed by atoms with van der Waals surface area (Å²) in [4.78, 5) is 50.1. The molecule has 2 saturated carbocycles. The van der Waals surface area contributed by atoms with E-state index in [9.17, 15) is 14.4 Å². The lowest BCUT2D eigenvalue weighted by Crippen LogP contribution is -2.58. The molecule has 10 heteroatoms. The second-order valence-corrected chi connectivity index (χ2v) is 12.1. The largest absolute Gasteiger partial charge is 0.479 e. The molecule has 0 radical (unpaired) electrons. The third kappa shape index (κ3) is 5.13. The maximum absolute atomic E-state index is 14.1. The molecule has 1 unspecified atom stereocenters. The third-order valence-corrected chi connectivity index (χ3v) is 9.70. The van der Waals surface area contributed by atoms with Gasteiger partial charge >= 0.3 is 5.97 Å². The minimum Gasteiger partial charge on any atom is -0.479 e. The van der Waals surface area contributed by atoms with Crippen molar-refractivity contribution in [1.82, 2.24) is 19.8 Å². The lowest BCUT2D eigenvalue weighted by atomic mass is 9.68. The minimum atomic E-state index is -1.23. The lowest BCUT2D eigenvalue weighted by Gasteiger charge is -2.55. The van der Waals surface area contributed by atoms with Gasteiger partial charge in [0, 0.05) is 31.2 Å². The molecule has 6 rings (SSSR count). The first-order valence-electron chi connectivity index (χ1n) is 14.9. The Morgan fingerprint density at radius 1 is 0.975 bits per heavy atom. The summed E-state index contributed by atoms with van der Waals surface area (Å²) in [5.41, 5.74) is 0.474. The highest BCUT2D eigenvalue weighted by atomic mass is 16.6. The SMILES string of the molecule is CNC(=O)/C(=N\OCC(=O)O)c1nc2ccccc2n([C@H]2C[C@H]3CCC[C@@H](C2)N3C2C[C@H]3CCC[C@@H](C2)C3)c1=O. The Morgan fingerprint density at radius 3 is 2.33 bits per heavy atom. The average Bonchev–Trinajstić information content (AvgIpc) is 2.94. The standard InChI is InChI=1S/C30H39N5O5/c1-31-29(38)27(33-40-17-26(36)37)28-30(39)35(25-11-3-2-10-24(25)32-28)23-15-20-8-5-9-21(16-23)34(20)22-13-18-6-4-7-19(12-18)14-22/h2-3,10-11,18-23H,4-9,12-17H2,1H3,(H,31,38)(H,36,37)/b33-27-/t18-,19+,20-,21+,22?,23+. The maximum atomic E-state index is 14.1. The molecule has 2 aliphatic heterocycles. The number of hydrogen-bond acceptors (Lipinski definition) is 7. The fourth-order valence-corrected chi connectivity index (χ4v) is 8.27. The number of oxime groups is 1. The van der Waals surface area contributed by atoms with Gasteiger partial charge in [-0.15, -0.1) is 0 Å². The van der Waals surface area contributed by atoms with Gasteiger partial charge in [0.05, 0.1) is 11.0 Å². The number of benzene rings is 1. The van der Waals surface area contributed by atoms with Gasteiger partial charge in [0.25, 0.3) is 11.5 Å². The van der Waals surface area contributed by atoms with Crippen LogP contribution in [0, 0.1) is 11.8 Å². The van der Waals surface area contributed by atoms with Gasteiger partial charge in [0.2, 0.25) is 6.61 Å². The quantitative estimate of drug-likeness (QED) is 0.400. The zero-order valence-corrected chi connectivity index (χ0v) is 23.1. The van der Waals surface area contributed by atoms with E-state index in [1.54, 1.807) is 0 Å². The van der Waals surface area contributed by atoms with E-state index in [2.05, 4.69) is 20.4 Å². The Hall–Kier alpha value is -3.27. The number of nitrogens with one attached hydrogen (secondary N) is 1. The van der Waals surface area contributed by atoms with Crippen LogP contribution in [0.2, 0.25) is 0 Å². The molecule has 1 aromatic carbocycles. The molecule has 1 amide bonds. The number of hydrogen-bond donors (Lipinski definition) is 2. The number of piperidine rings is 2. The molecule has 2 N–H and O–H groups in total. The number of carboxylic acid groups (broad SMARTS) is 1.